The standard InChI is InChI=1S/C19H23N3O3/c1-12-9-10-24-14-5-4-6-15(17(12)14)25-16-8-7-13(11-21-16)22-18(23)19(2,3)20/h4-8,11-12H,9-10,20H2,1-3H3,(H,22,23). The average Bonchev–Trinajstić information content (AvgIpc) is 2.56. The van der Waals surface area contributed by atoms with Crippen molar-refractivity contribution in [1.82, 2.24) is 4.98 Å². The first-order chi connectivity index (χ1) is 11.8. The van der Waals surface area contributed by atoms with Crippen molar-refractivity contribution in [3.63, 3.8) is 0 Å². The van der Waals surface area contributed by atoms with E-state index in [2.05, 4.69) is 17.2 Å². The number of hydrogen-bond acceptors (Lipinski definition) is 5. The fourth-order valence-electron chi connectivity index (χ4n) is 2.63. The van der Waals surface area contributed by atoms with Gasteiger partial charge in [-0.15, -0.1) is 0 Å². The Labute approximate surface area is 147 Å². The zero-order valence-corrected chi connectivity index (χ0v) is 14.7. The van der Waals surface area contributed by atoms with Gasteiger partial charge in [-0.3, -0.25) is 4.79 Å². The number of carbonyl (C=O) groups is 1. The third-order valence-electron chi connectivity index (χ3n) is 4.12. The van der Waals surface area contributed by atoms with Crippen LogP contribution in [-0.4, -0.2) is 23.0 Å². The Bertz CT molecular complexity index is 766. The van der Waals surface area contributed by atoms with Crippen LogP contribution in [0.5, 0.6) is 17.4 Å². The predicted molar refractivity (Wildman–Crippen MR) is 96.2 cm³/mol. The molecule has 1 aliphatic heterocycles. The number of pyridine rings is 1. The van der Waals surface area contributed by atoms with E-state index in [4.69, 9.17) is 15.2 Å². The lowest BCUT2D eigenvalue weighted by Gasteiger charge is -2.25. The van der Waals surface area contributed by atoms with Crippen LogP contribution in [0.3, 0.4) is 0 Å². The number of nitrogens with zero attached hydrogens (tertiary/aromatic N) is 1. The number of anilines is 1. The monoisotopic (exact) mass is 341 g/mol. The molecule has 2 aromatic rings. The summed E-state index contributed by atoms with van der Waals surface area (Å²) >= 11 is 0. The summed E-state index contributed by atoms with van der Waals surface area (Å²) in [6.07, 6.45) is 2.51. The van der Waals surface area contributed by atoms with E-state index < -0.39 is 5.54 Å². The van der Waals surface area contributed by atoms with E-state index in [-0.39, 0.29) is 5.91 Å². The second kappa shape index (κ2) is 6.72. The Morgan fingerprint density at radius 2 is 2.16 bits per heavy atom. The first-order valence-corrected chi connectivity index (χ1v) is 8.34. The van der Waals surface area contributed by atoms with Crippen LogP contribution in [0.25, 0.3) is 0 Å². The van der Waals surface area contributed by atoms with Gasteiger partial charge in [-0.1, -0.05) is 13.0 Å². The zero-order chi connectivity index (χ0) is 18.0. The molecule has 1 unspecified atom stereocenters. The molecule has 0 saturated carbocycles. The molecule has 0 bridgehead atoms. The molecule has 1 aromatic heterocycles. The van der Waals surface area contributed by atoms with Gasteiger partial charge in [-0.2, -0.15) is 0 Å². The van der Waals surface area contributed by atoms with E-state index in [1.807, 2.05) is 18.2 Å². The van der Waals surface area contributed by atoms with Crippen molar-refractivity contribution in [3.8, 4) is 17.4 Å². The Hall–Kier alpha value is -2.60. The molecule has 25 heavy (non-hydrogen) atoms. The van der Waals surface area contributed by atoms with E-state index in [9.17, 15) is 4.79 Å². The summed E-state index contributed by atoms with van der Waals surface area (Å²) in [4.78, 5) is 16.2. The maximum absolute atomic E-state index is 11.9. The maximum Gasteiger partial charge on any atom is 0.243 e. The normalized spacial score (nSPS) is 16.6. The maximum atomic E-state index is 11.9. The molecule has 0 saturated heterocycles. The lowest BCUT2D eigenvalue weighted by atomic mass is 9.94. The Kier molecular flexibility index (Phi) is 4.63. The number of amides is 1. The SMILES string of the molecule is CC1CCOc2cccc(Oc3ccc(NC(=O)C(C)(C)N)cn3)c21. The number of ether oxygens (including phenoxy) is 2. The highest BCUT2D eigenvalue weighted by Gasteiger charge is 2.23. The first kappa shape index (κ1) is 17.2. The minimum absolute atomic E-state index is 0.272. The highest BCUT2D eigenvalue weighted by Crippen LogP contribution is 2.41. The van der Waals surface area contributed by atoms with Gasteiger partial charge in [0.15, 0.2) is 0 Å². The summed E-state index contributed by atoms with van der Waals surface area (Å²) < 4.78 is 11.7. The summed E-state index contributed by atoms with van der Waals surface area (Å²) in [6.45, 7) is 6.18. The third-order valence-corrected chi connectivity index (χ3v) is 4.12. The Morgan fingerprint density at radius 3 is 2.84 bits per heavy atom. The van der Waals surface area contributed by atoms with Gasteiger partial charge < -0.3 is 20.5 Å². The average molecular weight is 341 g/mol. The molecule has 1 atom stereocenters. The van der Waals surface area contributed by atoms with Crippen molar-refractivity contribution in [2.45, 2.75) is 38.6 Å². The van der Waals surface area contributed by atoms with Gasteiger partial charge in [-0.05, 0) is 44.4 Å². The van der Waals surface area contributed by atoms with Crippen molar-refractivity contribution >= 4 is 11.6 Å². The van der Waals surface area contributed by atoms with Gasteiger partial charge in [-0.25, -0.2) is 4.98 Å². The van der Waals surface area contributed by atoms with Gasteiger partial charge in [0.2, 0.25) is 11.8 Å². The summed E-state index contributed by atoms with van der Waals surface area (Å²) in [7, 11) is 0. The molecule has 132 valence electrons. The molecule has 0 fully saturated rings. The molecule has 0 radical (unpaired) electrons. The lowest BCUT2D eigenvalue weighted by molar-refractivity contribution is -0.120. The minimum Gasteiger partial charge on any atom is -0.493 e. The number of nitrogens with one attached hydrogen (secondary N) is 1. The molecule has 0 spiro atoms. The van der Waals surface area contributed by atoms with Crippen LogP contribution >= 0.6 is 0 Å². The van der Waals surface area contributed by atoms with Gasteiger partial charge >= 0.3 is 0 Å². The van der Waals surface area contributed by atoms with Gasteiger partial charge in [0, 0.05) is 11.6 Å². The van der Waals surface area contributed by atoms with Crippen molar-refractivity contribution < 1.29 is 14.3 Å². The van der Waals surface area contributed by atoms with Gasteiger partial charge in [0.05, 0.1) is 24.0 Å². The molecule has 0 aliphatic carbocycles. The molecule has 3 N–H and O–H groups in total. The van der Waals surface area contributed by atoms with Gasteiger partial charge in [0.1, 0.15) is 11.5 Å². The van der Waals surface area contributed by atoms with Crippen molar-refractivity contribution in [3.05, 3.63) is 42.1 Å². The first-order valence-electron chi connectivity index (χ1n) is 8.34. The topological polar surface area (TPSA) is 86.5 Å². The molecule has 3 rings (SSSR count). The summed E-state index contributed by atoms with van der Waals surface area (Å²) in [5.41, 5.74) is 6.46. The second-order valence-electron chi connectivity index (χ2n) is 6.87. The van der Waals surface area contributed by atoms with Crippen molar-refractivity contribution in [2.75, 3.05) is 11.9 Å². The van der Waals surface area contributed by atoms with Crippen LogP contribution in [0, 0.1) is 0 Å². The number of aromatic nitrogens is 1. The third kappa shape index (κ3) is 3.91. The molecular formula is C19H23N3O3. The minimum atomic E-state index is -0.950. The fourth-order valence-corrected chi connectivity index (χ4v) is 2.63. The Balaban J connectivity index is 1.76. The Morgan fingerprint density at radius 1 is 1.36 bits per heavy atom. The number of carbonyl (C=O) groups excluding carboxylic acids is 1. The number of benzene rings is 1. The zero-order valence-electron chi connectivity index (χ0n) is 14.7. The number of fused-ring (bicyclic) bond motifs is 1. The van der Waals surface area contributed by atoms with E-state index in [0.29, 0.717) is 17.5 Å². The molecule has 2 heterocycles. The summed E-state index contributed by atoms with van der Waals surface area (Å²) in [5, 5.41) is 2.73. The molecular weight excluding hydrogens is 318 g/mol. The molecule has 1 aromatic carbocycles. The fraction of sp³-hybridized carbons (Fsp3) is 0.368. The van der Waals surface area contributed by atoms with E-state index >= 15 is 0 Å². The molecule has 1 amide bonds. The highest BCUT2D eigenvalue weighted by atomic mass is 16.5. The van der Waals surface area contributed by atoms with Crippen LogP contribution in [0.2, 0.25) is 0 Å². The largest absolute Gasteiger partial charge is 0.493 e. The molecule has 6 nitrogen and oxygen atoms in total. The smallest absolute Gasteiger partial charge is 0.243 e. The van der Waals surface area contributed by atoms with E-state index in [0.717, 1.165) is 30.1 Å². The van der Waals surface area contributed by atoms with E-state index in [1.165, 1.54) is 0 Å². The van der Waals surface area contributed by atoms with Gasteiger partial charge in [0.25, 0.3) is 0 Å². The highest BCUT2D eigenvalue weighted by molar-refractivity contribution is 5.97. The van der Waals surface area contributed by atoms with E-state index in [1.54, 1.807) is 32.2 Å². The van der Waals surface area contributed by atoms with Crippen LogP contribution in [0.1, 0.15) is 38.7 Å². The molecule has 6 heteroatoms. The number of hydrogen-bond donors (Lipinski definition) is 2. The van der Waals surface area contributed by atoms with Crippen LogP contribution in [0.4, 0.5) is 5.69 Å². The van der Waals surface area contributed by atoms with Crippen LogP contribution in [0.15, 0.2) is 36.5 Å². The summed E-state index contributed by atoms with van der Waals surface area (Å²) in [5.74, 6) is 2.16. The number of nitrogens with two attached hydrogens (primary N) is 1. The van der Waals surface area contributed by atoms with Crippen LogP contribution < -0.4 is 20.5 Å². The molecule has 1 aliphatic rings. The number of rotatable bonds is 4. The van der Waals surface area contributed by atoms with Crippen molar-refractivity contribution in [2.24, 2.45) is 5.73 Å². The lowest BCUT2D eigenvalue weighted by Crippen LogP contribution is -2.45. The predicted octanol–water partition coefficient (Wildman–Crippen LogP) is 3.44. The summed E-state index contributed by atoms with van der Waals surface area (Å²) in [6, 6.07) is 9.23. The van der Waals surface area contributed by atoms with Crippen LogP contribution in [-0.2, 0) is 4.79 Å². The quantitative estimate of drug-likeness (QED) is 0.889. The second-order valence-corrected chi connectivity index (χ2v) is 6.87. The van der Waals surface area contributed by atoms with Crippen molar-refractivity contribution in [1.29, 1.82) is 0 Å².